The van der Waals surface area contributed by atoms with Gasteiger partial charge in [-0.2, -0.15) is 0 Å². The van der Waals surface area contributed by atoms with E-state index < -0.39 is 0 Å². The highest BCUT2D eigenvalue weighted by Crippen LogP contribution is 2.24. The summed E-state index contributed by atoms with van der Waals surface area (Å²) in [5.41, 5.74) is 3.56. The van der Waals surface area contributed by atoms with Crippen LogP contribution in [0.1, 0.15) is 28.9 Å². The molecular weight excluding hydrogens is 462 g/mol. The lowest BCUT2D eigenvalue weighted by molar-refractivity contribution is -0.132. The number of benzene rings is 4. The summed E-state index contributed by atoms with van der Waals surface area (Å²) in [4.78, 5) is 40.8. The van der Waals surface area contributed by atoms with E-state index in [1.165, 1.54) is 0 Å². The summed E-state index contributed by atoms with van der Waals surface area (Å²) in [6, 6.07) is 31.1. The first-order valence-electron chi connectivity index (χ1n) is 12.2. The molecule has 184 valence electrons. The standard InChI is InChI=1S/C31H27N3O3/c1-21(23-13-10-14-24(19-23)32-31(37)22-11-4-3-5-12-22)33(2)29(35)20-34-27-17-8-6-15-25(27)30(36)26-16-7-9-18-28(26)34/h3-19,21H,20H2,1-2H3,(H,32,37). The molecule has 0 radical (unpaired) electrons. The summed E-state index contributed by atoms with van der Waals surface area (Å²) in [5.74, 6) is -0.281. The zero-order valence-electron chi connectivity index (χ0n) is 20.7. The van der Waals surface area contributed by atoms with Crippen molar-refractivity contribution < 1.29 is 9.59 Å². The summed E-state index contributed by atoms with van der Waals surface area (Å²) < 4.78 is 1.91. The Hall–Kier alpha value is -4.71. The first-order chi connectivity index (χ1) is 17.9. The van der Waals surface area contributed by atoms with Crippen LogP contribution in [0.4, 0.5) is 5.69 Å². The average Bonchev–Trinajstić information content (AvgIpc) is 2.95. The largest absolute Gasteiger partial charge is 0.337 e. The summed E-state index contributed by atoms with van der Waals surface area (Å²) >= 11 is 0. The molecule has 0 fully saturated rings. The highest BCUT2D eigenvalue weighted by atomic mass is 16.2. The second-order valence-electron chi connectivity index (χ2n) is 9.08. The monoisotopic (exact) mass is 489 g/mol. The third-order valence-electron chi connectivity index (χ3n) is 6.81. The second-order valence-corrected chi connectivity index (χ2v) is 9.08. The molecule has 0 saturated carbocycles. The molecule has 0 aliphatic rings. The minimum Gasteiger partial charge on any atom is -0.337 e. The van der Waals surface area contributed by atoms with Crippen LogP contribution in [0.5, 0.6) is 0 Å². The SMILES string of the molecule is CC(c1cccc(NC(=O)c2ccccc2)c1)N(C)C(=O)Cn1c2ccccc2c(=O)c2ccccc21. The number of carbonyl (C=O) groups excluding carboxylic acids is 2. The van der Waals surface area contributed by atoms with Gasteiger partial charge in [0, 0.05) is 29.1 Å². The number of nitrogens with one attached hydrogen (secondary N) is 1. The maximum atomic E-state index is 13.5. The van der Waals surface area contributed by atoms with Gasteiger partial charge in [-0.1, -0.05) is 54.6 Å². The van der Waals surface area contributed by atoms with Gasteiger partial charge in [0.25, 0.3) is 5.91 Å². The molecule has 0 bridgehead atoms. The Bertz CT molecular complexity index is 1610. The number of aromatic nitrogens is 1. The molecule has 2 amide bonds. The van der Waals surface area contributed by atoms with E-state index in [2.05, 4.69) is 5.32 Å². The molecule has 5 aromatic rings. The van der Waals surface area contributed by atoms with Gasteiger partial charge in [0.15, 0.2) is 5.43 Å². The molecule has 5 rings (SSSR count). The maximum Gasteiger partial charge on any atom is 0.255 e. The van der Waals surface area contributed by atoms with Crippen LogP contribution in [0.3, 0.4) is 0 Å². The molecule has 1 aromatic heterocycles. The molecule has 0 saturated heterocycles. The van der Waals surface area contributed by atoms with Crippen molar-refractivity contribution in [3.05, 3.63) is 124 Å². The fourth-order valence-electron chi connectivity index (χ4n) is 4.60. The maximum absolute atomic E-state index is 13.5. The van der Waals surface area contributed by atoms with Crippen molar-refractivity contribution in [3.63, 3.8) is 0 Å². The zero-order valence-corrected chi connectivity index (χ0v) is 20.7. The van der Waals surface area contributed by atoms with Crippen LogP contribution >= 0.6 is 0 Å². The van der Waals surface area contributed by atoms with E-state index in [0.29, 0.717) is 22.0 Å². The van der Waals surface area contributed by atoms with Gasteiger partial charge < -0.3 is 14.8 Å². The smallest absolute Gasteiger partial charge is 0.255 e. The number of anilines is 1. The summed E-state index contributed by atoms with van der Waals surface area (Å²) in [6.07, 6.45) is 0. The first kappa shape index (κ1) is 24.0. The van der Waals surface area contributed by atoms with E-state index in [-0.39, 0.29) is 29.8 Å². The number of nitrogens with zero attached hydrogens (tertiary/aromatic N) is 2. The number of rotatable bonds is 6. The quantitative estimate of drug-likeness (QED) is 0.315. The minimum atomic E-state index is -0.238. The molecule has 1 heterocycles. The minimum absolute atomic E-state index is 0.0361. The lowest BCUT2D eigenvalue weighted by atomic mass is 10.1. The van der Waals surface area contributed by atoms with Crippen LogP contribution in [-0.4, -0.2) is 28.3 Å². The number of fused-ring (bicyclic) bond motifs is 2. The van der Waals surface area contributed by atoms with E-state index in [9.17, 15) is 14.4 Å². The molecule has 0 aliphatic heterocycles. The fraction of sp³-hybridized carbons (Fsp3) is 0.129. The Morgan fingerprint density at radius 3 is 2.05 bits per heavy atom. The predicted octanol–water partition coefficient (Wildman–Crippen LogP) is 5.63. The van der Waals surface area contributed by atoms with Crippen molar-refractivity contribution >= 4 is 39.3 Å². The van der Waals surface area contributed by atoms with Gasteiger partial charge in [-0.3, -0.25) is 14.4 Å². The van der Waals surface area contributed by atoms with E-state index in [1.54, 1.807) is 36.2 Å². The van der Waals surface area contributed by atoms with Crippen LogP contribution in [0.25, 0.3) is 21.8 Å². The van der Waals surface area contributed by atoms with E-state index in [4.69, 9.17) is 0 Å². The zero-order chi connectivity index (χ0) is 25.9. The van der Waals surface area contributed by atoms with Crippen molar-refractivity contribution in [2.24, 2.45) is 0 Å². The molecule has 6 nitrogen and oxygen atoms in total. The molecule has 37 heavy (non-hydrogen) atoms. The molecule has 6 heteroatoms. The average molecular weight is 490 g/mol. The van der Waals surface area contributed by atoms with Crippen molar-refractivity contribution in [1.82, 2.24) is 9.47 Å². The number of hydrogen-bond acceptors (Lipinski definition) is 3. The third-order valence-corrected chi connectivity index (χ3v) is 6.81. The van der Waals surface area contributed by atoms with Gasteiger partial charge in [0.2, 0.25) is 5.91 Å². The summed E-state index contributed by atoms with van der Waals surface area (Å²) in [6.45, 7) is 2.05. The number of amides is 2. The van der Waals surface area contributed by atoms with E-state index in [1.807, 2.05) is 90.4 Å². The number of para-hydroxylation sites is 2. The molecule has 0 spiro atoms. The number of hydrogen-bond donors (Lipinski definition) is 1. The van der Waals surface area contributed by atoms with Crippen LogP contribution in [0, 0.1) is 0 Å². The highest BCUT2D eigenvalue weighted by molar-refractivity contribution is 6.04. The lowest BCUT2D eigenvalue weighted by Crippen LogP contribution is -2.33. The van der Waals surface area contributed by atoms with Gasteiger partial charge in [0.05, 0.1) is 17.1 Å². The Morgan fingerprint density at radius 2 is 1.41 bits per heavy atom. The Balaban J connectivity index is 1.40. The molecule has 1 unspecified atom stereocenters. The highest BCUT2D eigenvalue weighted by Gasteiger charge is 2.20. The van der Waals surface area contributed by atoms with Gasteiger partial charge in [-0.15, -0.1) is 0 Å². The molecule has 4 aromatic carbocycles. The predicted molar refractivity (Wildman–Crippen MR) is 148 cm³/mol. The number of pyridine rings is 1. The lowest BCUT2D eigenvalue weighted by Gasteiger charge is -2.27. The summed E-state index contributed by atoms with van der Waals surface area (Å²) in [7, 11) is 1.77. The van der Waals surface area contributed by atoms with Crippen molar-refractivity contribution in [2.45, 2.75) is 19.5 Å². The van der Waals surface area contributed by atoms with E-state index in [0.717, 1.165) is 16.6 Å². The second kappa shape index (κ2) is 10.1. The van der Waals surface area contributed by atoms with Crippen LogP contribution in [-0.2, 0) is 11.3 Å². The molecule has 0 aliphatic carbocycles. The van der Waals surface area contributed by atoms with Crippen LogP contribution in [0.2, 0.25) is 0 Å². The van der Waals surface area contributed by atoms with Gasteiger partial charge in [-0.05, 0) is 61.0 Å². The van der Waals surface area contributed by atoms with E-state index >= 15 is 0 Å². The van der Waals surface area contributed by atoms with Gasteiger partial charge in [-0.25, -0.2) is 0 Å². The topological polar surface area (TPSA) is 71.4 Å². The van der Waals surface area contributed by atoms with Crippen LogP contribution < -0.4 is 10.7 Å². The van der Waals surface area contributed by atoms with Crippen LogP contribution in [0.15, 0.2) is 108 Å². The Kier molecular flexibility index (Phi) is 6.56. The molecule has 1 N–H and O–H groups in total. The molecular formula is C31H27N3O3. The number of carbonyl (C=O) groups is 2. The third kappa shape index (κ3) is 4.74. The Labute approximate surface area is 214 Å². The van der Waals surface area contributed by atoms with Crippen molar-refractivity contribution in [1.29, 1.82) is 0 Å². The van der Waals surface area contributed by atoms with Crippen molar-refractivity contribution in [2.75, 3.05) is 12.4 Å². The normalized spacial score (nSPS) is 11.8. The fourth-order valence-corrected chi connectivity index (χ4v) is 4.60. The van der Waals surface area contributed by atoms with Gasteiger partial charge >= 0.3 is 0 Å². The first-order valence-corrected chi connectivity index (χ1v) is 12.2. The molecule has 1 atom stereocenters. The van der Waals surface area contributed by atoms with Crippen molar-refractivity contribution in [3.8, 4) is 0 Å². The summed E-state index contributed by atoms with van der Waals surface area (Å²) in [5, 5.41) is 4.11. The number of likely N-dealkylation sites (N-methyl/N-ethyl adjacent to an activating group) is 1. The van der Waals surface area contributed by atoms with Gasteiger partial charge in [0.1, 0.15) is 6.54 Å². The Morgan fingerprint density at radius 1 is 0.811 bits per heavy atom.